The van der Waals surface area contributed by atoms with Crippen LogP contribution in [0, 0.1) is 0 Å². The number of nitrogens with one attached hydrogen (secondary N) is 1. The Bertz CT molecular complexity index is 685. The highest BCUT2D eigenvalue weighted by Crippen LogP contribution is 2.14. The van der Waals surface area contributed by atoms with Crippen LogP contribution in [0.3, 0.4) is 0 Å². The minimum Gasteiger partial charge on any atom is -0.264 e. The van der Waals surface area contributed by atoms with Gasteiger partial charge in [-0.2, -0.15) is 5.10 Å². The molecule has 0 saturated heterocycles. The molecular formula is C10H7N5O. The van der Waals surface area contributed by atoms with E-state index in [1.54, 1.807) is 18.5 Å². The molecule has 0 atom stereocenters. The quantitative estimate of drug-likeness (QED) is 0.637. The summed E-state index contributed by atoms with van der Waals surface area (Å²) in [5, 5.41) is 6.23. The molecule has 3 aromatic heterocycles. The van der Waals surface area contributed by atoms with Crippen molar-refractivity contribution in [3.8, 4) is 11.3 Å². The maximum Gasteiger partial charge on any atom is 0.348 e. The summed E-state index contributed by atoms with van der Waals surface area (Å²) in [6.07, 6.45) is 4.86. The normalized spacial score (nSPS) is 10.8. The molecule has 0 aliphatic rings. The Hall–Kier alpha value is -2.50. The highest BCUT2D eigenvalue weighted by Gasteiger charge is 2.03. The van der Waals surface area contributed by atoms with Crippen LogP contribution < -0.4 is 5.69 Å². The number of H-pyrrole nitrogens is 1. The van der Waals surface area contributed by atoms with Gasteiger partial charge in [0.05, 0.1) is 5.69 Å². The molecule has 0 saturated carbocycles. The minimum atomic E-state index is -0.291. The number of hydrogen-bond acceptors (Lipinski definition) is 4. The van der Waals surface area contributed by atoms with Gasteiger partial charge in [-0.1, -0.05) is 0 Å². The van der Waals surface area contributed by atoms with Gasteiger partial charge in [0.25, 0.3) is 0 Å². The SMILES string of the molecule is O=c1[nH]nc2cc(-c3cccnc3)ncn12. The van der Waals surface area contributed by atoms with Crippen molar-refractivity contribution in [2.75, 3.05) is 0 Å². The van der Waals surface area contributed by atoms with Gasteiger partial charge in [0.1, 0.15) is 6.33 Å². The smallest absolute Gasteiger partial charge is 0.264 e. The molecule has 6 heteroatoms. The average molecular weight is 213 g/mol. The maximum absolute atomic E-state index is 11.2. The average Bonchev–Trinajstić information content (AvgIpc) is 2.72. The molecule has 16 heavy (non-hydrogen) atoms. The van der Waals surface area contributed by atoms with Crippen molar-refractivity contribution in [1.29, 1.82) is 0 Å². The van der Waals surface area contributed by atoms with Crippen molar-refractivity contribution in [2.24, 2.45) is 0 Å². The van der Waals surface area contributed by atoms with Crippen LogP contribution in [0.1, 0.15) is 0 Å². The molecule has 1 N–H and O–H groups in total. The second kappa shape index (κ2) is 3.27. The zero-order chi connectivity index (χ0) is 11.0. The van der Waals surface area contributed by atoms with Crippen LogP contribution in [0.2, 0.25) is 0 Å². The second-order valence-corrected chi connectivity index (χ2v) is 3.27. The summed E-state index contributed by atoms with van der Waals surface area (Å²) in [6.45, 7) is 0. The largest absolute Gasteiger partial charge is 0.348 e. The van der Waals surface area contributed by atoms with Gasteiger partial charge in [0, 0.05) is 24.0 Å². The Morgan fingerprint density at radius 3 is 3.12 bits per heavy atom. The molecule has 78 valence electrons. The van der Waals surface area contributed by atoms with Gasteiger partial charge in [0.15, 0.2) is 5.65 Å². The van der Waals surface area contributed by atoms with Gasteiger partial charge in [-0.3, -0.25) is 4.98 Å². The second-order valence-electron chi connectivity index (χ2n) is 3.27. The first-order valence-electron chi connectivity index (χ1n) is 4.68. The lowest BCUT2D eigenvalue weighted by atomic mass is 10.2. The maximum atomic E-state index is 11.2. The van der Waals surface area contributed by atoms with Gasteiger partial charge in [-0.05, 0) is 12.1 Å². The van der Waals surface area contributed by atoms with Gasteiger partial charge >= 0.3 is 5.69 Å². The van der Waals surface area contributed by atoms with Gasteiger partial charge in [-0.15, -0.1) is 0 Å². The number of hydrogen-bond donors (Lipinski definition) is 1. The fourth-order valence-electron chi connectivity index (χ4n) is 1.48. The number of pyridine rings is 1. The molecule has 0 amide bonds. The molecule has 3 rings (SSSR count). The first-order chi connectivity index (χ1) is 7.84. The van der Waals surface area contributed by atoms with E-state index in [0.29, 0.717) is 5.65 Å². The van der Waals surface area contributed by atoms with E-state index in [9.17, 15) is 4.79 Å². The van der Waals surface area contributed by atoms with E-state index in [4.69, 9.17) is 0 Å². The Kier molecular flexibility index (Phi) is 1.79. The third-order valence-corrected chi connectivity index (χ3v) is 2.27. The van der Waals surface area contributed by atoms with Gasteiger partial charge in [0.2, 0.25) is 0 Å². The molecule has 0 unspecified atom stereocenters. The Labute approximate surface area is 89.6 Å². The third kappa shape index (κ3) is 1.28. The van der Waals surface area contributed by atoms with E-state index < -0.39 is 0 Å². The standard InChI is InChI=1S/C10H7N5O/c16-10-14-13-9-4-8(12-6-15(9)10)7-2-1-3-11-5-7/h1-6H,(H,14,16). The van der Waals surface area contributed by atoms with Crippen LogP contribution in [-0.2, 0) is 0 Å². The molecule has 0 radical (unpaired) electrons. The molecule has 6 nitrogen and oxygen atoms in total. The monoisotopic (exact) mass is 213 g/mol. The van der Waals surface area contributed by atoms with Crippen molar-refractivity contribution in [2.45, 2.75) is 0 Å². The fraction of sp³-hybridized carbons (Fsp3) is 0. The van der Waals surface area contributed by atoms with Gasteiger partial charge < -0.3 is 0 Å². The van der Waals surface area contributed by atoms with Crippen molar-refractivity contribution >= 4 is 5.65 Å². The Morgan fingerprint density at radius 2 is 2.31 bits per heavy atom. The summed E-state index contributed by atoms with van der Waals surface area (Å²) in [7, 11) is 0. The predicted molar refractivity (Wildman–Crippen MR) is 56.8 cm³/mol. The fourth-order valence-corrected chi connectivity index (χ4v) is 1.48. The minimum absolute atomic E-state index is 0.291. The predicted octanol–water partition coefficient (Wildman–Crippen LogP) is 0.480. The molecule has 3 aromatic rings. The van der Waals surface area contributed by atoms with Crippen LogP contribution >= 0.6 is 0 Å². The van der Waals surface area contributed by atoms with Crippen LogP contribution in [0.25, 0.3) is 16.9 Å². The summed E-state index contributed by atoms with van der Waals surface area (Å²) in [5.41, 5.74) is 1.87. The number of aromatic amines is 1. The third-order valence-electron chi connectivity index (χ3n) is 2.27. The summed E-state index contributed by atoms with van der Waals surface area (Å²) in [5.74, 6) is 0. The van der Waals surface area contributed by atoms with Crippen molar-refractivity contribution in [3.05, 3.63) is 47.4 Å². The molecule has 3 heterocycles. The van der Waals surface area contributed by atoms with E-state index in [1.807, 2.05) is 12.1 Å². The van der Waals surface area contributed by atoms with Crippen molar-refractivity contribution in [1.82, 2.24) is 24.6 Å². The lowest BCUT2D eigenvalue weighted by Crippen LogP contribution is -2.09. The Balaban J connectivity index is 2.23. The van der Waals surface area contributed by atoms with Crippen LogP contribution in [-0.4, -0.2) is 24.6 Å². The van der Waals surface area contributed by atoms with Crippen molar-refractivity contribution in [3.63, 3.8) is 0 Å². The molecular weight excluding hydrogens is 206 g/mol. The van der Waals surface area contributed by atoms with E-state index in [2.05, 4.69) is 20.2 Å². The van der Waals surface area contributed by atoms with Crippen LogP contribution in [0.15, 0.2) is 41.7 Å². The zero-order valence-corrected chi connectivity index (χ0v) is 8.16. The molecule has 0 aromatic carbocycles. The number of nitrogens with zero attached hydrogens (tertiary/aromatic N) is 4. The van der Waals surface area contributed by atoms with Gasteiger partial charge in [-0.25, -0.2) is 19.3 Å². The van der Waals surface area contributed by atoms with E-state index in [-0.39, 0.29) is 5.69 Å². The molecule has 0 aliphatic carbocycles. The highest BCUT2D eigenvalue weighted by molar-refractivity contribution is 5.61. The first kappa shape index (κ1) is 8.78. The number of aromatic nitrogens is 5. The highest BCUT2D eigenvalue weighted by atomic mass is 16.1. The summed E-state index contributed by atoms with van der Waals surface area (Å²) in [4.78, 5) is 19.4. The van der Waals surface area contributed by atoms with E-state index in [0.717, 1.165) is 11.3 Å². The first-order valence-corrected chi connectivity index (χ1v) is 4.68. The van der Waals surface area contributed by atoms with Crippen LogP contribution in [0.4, 0.5) is 0 Å². The number of rotatable bonds is 1. The molecule has 0 bridgehead atoms. The summed E-state index contributed by atoms with van der Waals surface area (Å²) >= 11 is 0. The zero-order valence-electron chi connectivity index (χ0n) is 8.16. The lowest BCUT2D eigenvalue weighted by molar-refractivity contribution is 0.998. The summed E-state index contributed by atoms with van der Waals surface area (Å²) in [6, 6.07) is 5.46. The molecule has 0 fully saturated rings. The number of fused-ring (bicyclic) bond motifs is 1. The van der Waals surface area contributed by atoms with Crippen LogP contribution in [0.5, 0.6) is 0 Å². The topological polar surface area (TPSA) is 75.9 Å². The molecule has 0 aliphatic heterocycles. The lowest BCUT2D eigenvalue weighted by Gasteiger charge is -1.98. The van der Waals surface area contributed by atoms with E-state index >= 15 is 0 Å². The summed E-state index contributed by atoms with van der Waals surface area (Å²) < 4.78 is 1.35. The molecule has 0 spiro atoms. The Morgan fingerprint density at radius 1 is 1.38 bits per heavy atom. The van der Waals surface area contributed by atoms with E-state index in [1.165, 1.54) is 10.7 Å². The van der Waals surface area contributed by atoms with Crippen molar-refractivity contribution < 1.29 is 0 Å².